The molecule has 0 bridgehead atoms. The summed E-state index contributed by atoms with van der Waals surface area (Å²) in [5.74, 6) is 2.89. The third kappa shape index (κ3) is 3.54. The van der Waals surface area contributed by atoms with E-state index in [9.17, 15) is 4.79 Å². The average molecular weight is 379 g/mol. The number of aryl methyl sites for hydroxylation is 3. The van der Waals surface area contributed by atoms with Crippen molar-refractivity contribution < 1.29 is 13.9 Å². The van der Waals surface area contributed by atoms with Gasteiger partial charge >= 0.3 is 0 Å². The molecule has 146 valence electrons. The Hall–Kier alpha value is -3.02. The fraction of sp³-hybridized carbons (Fsp3) is 0.364. The summed E-state index contributed by atoms with van der Waals surface area (Å²) in [5, 5.41) is 2.86. The molecule has 6 nitrogen and oxygen atoms in total. The van der Waals surface area contributed by atoms with Crippen LogP contribution in [0.5, 0.6) is 5.75 Å². The number of hydrogen-bond donors (Lipinski definition) is 1. The van der Waals surface area contributed by atoms with Gasteiger partial charge in [0.1, 0.15) is 23.0 Å². The van der Waals surface area contributed by atoms with E-state index >= 15 is 0 Å². The molecule has 6 heteroatoms. The number of ether oxygens (including phenoxy) is 1. The number of nitrogens with one attached hydrogen (secondary N) is 1. The van der Waals surface area contributed by atoms with Gasteiger partial charge in [0.2, 0.25) is 0 Å². The molecule has 0 radical (unpaired) electrons. The van der Waals surface area contributed by atoms with E-state index in [0.29, 0.717) is 18.2 Å². The number of amides is 1. The summed E-state index contributed by atoms with van der Waals surface area (Å²) >= 11 is 0. The lowest BCUT2D eigenvalue weighted by Gasteiger charge is -2.25. The van der Waals surface area contributed by atoms with Crippen LogP contribution in [0.25, 0.3) is 0 Å². The van der Waals surface area contributed by atoms with Crippen LogP contribution in [-0.2, 0) is 19.5 Å². The molecule has 1 atom stereocenters. The minimum absolute atomic E-state index is 0.175. The molecule has 0 spiro atoms. The summed E-state index contributed by atoms with van der Waals surface area (Å²) < 4.78 is 12.9. The number of nitrogens with zero attached hydrogens (tertiary/aromatic N) is 2. The first-order valence-corrected chi connectivity index (χ1v) is 9.57. The van der Waals surface area contributed by atoms with Gasteiger partial charge in [-0.05, 0) is 49.1 Å². The van der Waals surface area contributed by atoms with Crippen LogP contribution in [0.2, 0.25) is 0 Å². The highest BCUT2D eigenvalue weighted by Gasteiger charge is 2.24. The third-order valence-electron chi connectivity index (χ3n) is 5.39. The first-order chi connectivity index (χ1) is 13.5. The van der Waals surface area contributed by atoms with Crippen LogP contribution in [0, 0.1) is 13.8 Å². The van der Waals surface area contributed by atoms with E-state index in [2.05, 4.69) is 40.8 Å². The Morgan fingerprint density at radius 2 is 2.14 bits per heavy atom. The highest BCUT2D eigenvalue weighted by atomic mass is 16.5. The topological polar surface area (TPSA) is 69.3 Å². The monoisotopic (exact) mass is 379 g/mol. The van der Waals surface area contributed by atoms with Crippen LogP contribution < -0.4 is 10.1 Å². The van der Waals surface area contributed by atoms with E-state index in [0.717, 1.165) is 47.8 Å². The van der Waals surface area contributed by atoms with Gasteiger partial charge in [-0.2, -0.15) is 0 Å². The number of hydrogen-bond acceptors (Lipinski definition) is 4. The normalized spacial score (nSPS) is 15.9. The largest absolute Gasteiger partial charge is 0.496 e. The summed E-state index contributed by atoms with van der Waals surface area (Å²) in [7, 11) is 1.71. The highest BCUT2D eigenvalue weighted by molar-refractivity contribution is 5.92. The first-order valence-electron chi connectivity index (χ1n) is 9.57. The van der Waals surface area contributed by atoms with Gasteiger partial charge in [0.15, 0.2) is 0 Å². The second-order valence-corrected chi connectivity index (χ2v) is 7.38. The van der Waals surface area contributed by atoms with Crippen molar-refractivity contribution in [3.05, 3.63) is 70.7 Å². The molecule has 0 saturated heterocycles. The van der Waals surface area contributed by atoms with Crippen LogP contribution >= 0.6 is 0 Å². The minimum atomic E-state index is -0.175. The molecule has 2 aromatic heterocycles. The van der Waals surface area contributed by atoms with Crippen molar-refractivity contribution in [1.29, 1.82) is 0 Å². The highest BCUT2D eigenvalue weighted by Crippen LogP contribution is 2.33. The lowest BCUT2D eigenvalue weighted by Crippen LogP contribution is -2.22. The SMILES string of the molecule is COc1c(C)cc(C2CCc3nc(C(=O)NCc4ccco4)cn3C2)cc1C. The van der Waals surface area contributed by atoms with Crippen LogP contribution in [0.3, 0.4) is 0 Å². The maximum atomic E-state index is 12.4. The smallest absolute Gasteiger partial charge is 0.271 e. The lowest BCUT2D eigenvalue weighted by molar-refractivity contribution is 0.0943. The van der Waals surface area contributed by atoms with E-state index < -0.39 is 0 Å². The third-order valence-corrected chi connectivity index (χ3v) is 5.39. The van der Waals surface area contributed by atoms with Gasteiger partial charge in [-0.1, -0.05) is 12.1 Å². The lowest BCUT2D eigenvalue weighted by atomic mass is 9.89. The second-order valence-electron chi connectivity index (χ2n) is 7.38. The van der Waals surface area contributed by atoms with Crippen molar-refractivity contribution in [3.63, 3.8) is 0 Å². The van der Waals surface area contributed by atoms with Crippen molar-refractivity contribution in [2.75, 3.05) is 7.11 Å². The molecule has 0 fully saturated rings. The second kappa shape index (κ2) is 7.54. The molecule has 1 aliphatic rings. The summed E-state index contributed by atoms with van der Waals surface area (Å²) in [4.78, 5) is 17.0. The van der Waals surface area contributed by atoms with Crippen molar-refractivity contribution >= 4 is 5.91 Å². The zero-order chi connectivity index (χ0) is 19.7. The summed E-state index contributed by atoms with van der Waals surface area (Å²) in [6, 6.07) is 8.08. The number of furan rings is 1. The Morgan fingerprint density at radius 1 is 1.36 bits per heavy atom. The number of rotatable bonds is 5. The number of aromatic nitrogens is 2. The van der Waals surface area contributed by atoms with Crippen molar-refractivity contribution in [3.8, 4) is 5.75 Å². The van der Waals surface area contributed by atoms with E-state index in [1.165, 1.54) is 5.56 Å². The maximum absolute atomic E-state index is 12.4. The first kappa shape index (κ1) is 18.3. The number of benzene rings is 1. The quantitative estimate of drug-likeness (QED) is 0.733. The van der Waals surface area contributed by atoms with Crippen molar-refractivity contribution in [2.24, 2.45) is 0 Å². The van der Waals surface area contributed by atoms with Gasteiger partial charge in [0.05, 0.1) is 19.9 Å². The van der Waals surface area contributed by atoms with Gasteiger partial charge in [-0.3, -0.25) is 4.79 Å². The van der Waals surface area contributed by atoms with E-state index in [1.807, 2.05) is 12.3 Å². The molecule has 4 rings (SSSR count). The Kier molecular flexibility index (Phi) is 4.94. The minimum Gasteiger partial charge on any atom is -0.496 e. The molecule has 1 N–H and O–H groups in total. The van der Waals surface area contributed by atoms with Crippen LogP contribution in [0.4, 0.5) is 0 Å². The predicted molar refractivity (Wildman–Crippen MR) is 106 cm³/mol. The molecule has 0 saturated carbocycles. The molecule has 1 amide bonds. The number of carbonyl (C=O) groups is 1. The Bertz CT molecular complexity index is 966. The summed E-state index contributed by atoms with van der Waals surface area (Å²) in [5.41, 5.74) is 4.10. The van der Waals surface area contributed by atoms with Gasteiger partial charge in [-0.15, -0.1) is 0 Å². The summed E-state index contributed by atoms with van der Waals surface area (Å²) in [6.45, 7) is 5.37. The van der Waals surface area contributed by atoms with Gasteiger partial charge in [0, 0.05) is 25.1 Å². The van der Waals surface area contributed by atoms with Crippen LogP contribution in [-0.4, -0.2) is 22.6 Å². The van der Waals surface area contributed by atoms with E-state index in [1.54, 1.807) is 19.4 Å². The fourth-order valence-electron chi connectivity index (χ4n) is 4.04. The van der Waals surface area contributed by atoms with Gasteiger partial charge in [0.25, 0.3) is 5.91 Å². The standard InChI is InChI=1S/C22H25N3O3/c1-14-9-17(10-15(2)21(14)27-3)16-6-7-20-24-19(13-25(20)12-16)22(26)23-11-18-5-4-8-28-18/h4-5,8-10,13,16H,6-7,11-12H2,1-3H3,(H,23,26). The van der Waals surface area contributed by atoms with Crippen molar-refractivity contribution in [2.45, 2.75) is 45.7 Å². The molecule has 3 aromatic rings. The number of imidazole rings is 1. The predicted octanol–water partition coefficient (Wildman–Crippen LogP) is 3.76. The average Bonchev–Trinajstić information content (AvgIpc) is 3.34. The van der Waals surface area contributed by atoms with Crippen LogP contribution in [0.15, 0.2) is 41.1 Å². The maximum Gasteiger partial charge on any atom is 0.271 e. The number of carbonyl (C=O) groups excluding carboxylic acids is 1. The Balaban J connectivity index is 1.48. The molecule has 1 aromatic carbocycles. The van der Waals surface area contributed by atoms with E-state index in [4.69, 9.17) is 9.15 Å². The molecule has 3 heterocycles. The number of methoxy groups -OCH3 is 1. The molecule has 1 unspecified atom stereocenters. The van der Waals surface area contributed by atoms with Crippen LogP contribution in [0.1, 0.15) is 51.1 Å². The number of fused-ring (bicyclic) bond motifs is 1. The zero-order valence-corrected chi connectivity index (χ0v) is 16.5. The summed E-state index contributed by atoms with van der Waals surface area (Å²) in [6.07, 6.45) is 5.34. The fourth-order valence-corrected chi connectivity index (χ4v) is 4.04. The molecular formula is C22H25N3O3. The molecule has 0 aliphatic carbocycles. The van der Waals surface area contributed by atoms with Crippen molar-refractivity contribution in [1.82, 2.24) is 14.9 Å². The molecule has 1 aliphatic heterocycles. The molecule has 28 heavy (non-hydrogen) atoms. The molecular weight excluding hydrogens is 354 g/mol. The Labute approximate surface area is 164 Å². The van der Waals surface area contributed by atoms with Gasteiger partial charge < -0.3 is 19.0 Å². The van der Waals surface area contributed by atoms with E-state index in [-0.39, 0.29) is 5.91 Å². The van der Waals surface area contributed by atoms with Gasteiger partial charge in [-0.25, -0.2) is 4.98 Å². The Morgan fingerprint density at radius 3 is 2.82 bits per heavy atom. The zero-order valence-electron chi connectivity index (χ0n) is 16.5.